The number of nitrogens with two attached hydrogens (primary N) is 1. The second-order valence-electron chi connectivity index (χ2n) is 3.29. The molecule has 0 spiro atoms. The number of hydrogen-bond donors (Lipinski definition) is 2. The third-order valence-corrected chi connectivity index (χ3v) is 2.22. The minimum atomic E-state index is 0.0487. The van der Waals surface area contributed by atoms with Crippen molar-refractivity contribution in [3.63, 3.8) is 0 Å². The van der Waals surface area contributed by atoms with E-state index in [0.29, 0.717) is 30.6 Å². The van der Waals surface area contributed by atoms with Gasteiger partial charge in [0, 0.05) is 12.8 Å². The summed E-state index contributed by atoms with van der Waals surface area (Å²) < 4.78 is 5.02. The maximum absolute atomic E-state index is 8.66. The normalized spacial score (nSPS) is 13.1. The summed E-state index contributed by atoms with van der Waals surface area (Å²) in [5.41, 5.74) is 5.57. The van der Waals surface area contributed by atoms with Gasteiger partial charge in [-0.05, 0) is 12.5 Å². The van der Waals surface area contributed by atoms with Crippen LogP contribution in [0.2, 0.25) is 0 Å². The molecule has 1 aromatic heterocycles. The molecule has 1 rings (SSSR count). The molecule has 5 nitrogen and oxygen atoms in total. The smallest absolute Gasteiger partial charge is 0.226 e. The number of aromatic nitrogens is 2. The highest BCUT2D eigenvalue weighted by Crippen LogP contribution is 2.09. The van der Waals surface area contributed by atoms with Gasteiger partial charge in [-0.2, -0.15) is 4.98 Å². The Bertz CT molecular complexity index is 258. The fourth-order valence-corrected chi connectivity index (χ4v) is 1.22. The molecule has 0 saturated heterocycles. The van der Waals surface area contributed by atoms with E-state index in [1.807, 2.05) is 0 Å². The highest BCUT2D eigenvalue weighted by Gasteiger charge is 2.11. The topological polar surface area (TPSA) is 85.2 Å². The molecule has 0 bridgehead atoms. The van der Waals surface area contributed by atoms with Gasteiger partial charge in [-0.1, -0.05) is 18.5 Å². The van der Waals surface area contributed by atoms with E-state index >= 15 is 0 Å². The molecule has 0 aliphatic carbocycles. The second-order valence-corrected chi connectivity index (χ2v) is 3.29. The zero-order chi connectivity index (χ0) is 10.4. The molecule has 1 heterocycles. The van der Waals surface area contributed by atoms with Crippen molar-refractivity contribution in [3.8, 4) is 0 Å². The molecule has 14 heavy (non-hydrogen) atoms. The molecule has 0 aromatic carbocycles. The van der Waals surface area contributed by atoms with Crippen LogP contribution in [0.5, 0.6) is 0 Å². The lowest BCUT2D eigenvalue weighted by Gasteiger charge is -2.07. The van der Waals surface area contributed by atoms with Gasteiger partial charge in [-0.25, -0.2) is 0 Å². The van der Waals surface area contributed by atoms with Crippen molar-refractivity contribution in [1.82, 2.24) is 10.1 Å². The fourth-order valence-electron chi connectivity index (χ4n) is 1.22. The van der Waals surface area contributed by atoms with Gasteiger partial charge >= 0.3 is 0 Å². The molecule has 0 aliphatic rings. The number of rotatable bonds is 6. The Morgan fingerprint density at radius 1 is 1.57 bits per heavy atom. The van der Waals surface area contributed by atoms with Crippen molar-refractivity contribution in [2.45, 2.75) is 26.2 Å². The first-order valence-electron chi connectivity index (χ1n) is 4.92. The minimum absolute atomic E-state index is 0.0487. The van der Waals surface area contributed by atoms with Crippen LogP contribution in [0.25, 0.3) is 0 Å². The number of aliphatic hydroxyl groups is 1. The summed E-state index contributed by atoms with van der Waals surface area (Å²) in [6.45, 7) is 2.77. The van der Waals surface area contributed by atoms with E-state index in [9.17, 15) is 0 Å². The van der Waals surface area contributed by atoms with Gasteiger partial charge in [-0.15, -0.1) is 0 Å². The molecule has 80 valence electrons. The van der Waals surface area contributed by atoms with Gasteiger partial charge in [-0.3, -0.25) is 0 Å². The molecule has 0 radical (unpaired) electrons. The van der Waals surface area contributed by atoms with Gasteiger partial charge in [0.05, 0.1) is 6.61 Å². The minimum Gasteiger partial charge on any atom is -0.396 e. The van der Waals surface area contributed by atoms with E-state index in [1.165, 1.54) is 0 Å². The molecule has 1 atom stereocenters. The van der Waals surface area contributed by atoms with Gasteiger partial charge < -0.3 is 15.4 Å². The lowest BCUT2D eigenvalue weighted by Crippen LogP contribution is -2.16. The maximum atomic E-state index is 8.66. The summed E-state index contributed by atoms with van der Waals surface area (Å²) in [7, 11) is 0. The Hall–Kier alpha value is -0.940. The standard InChI is InChI=1S/C9H17N3O2/c1-2-7(6-10)5-9-11-8(3-4-13)12-14-9/h7,13H,2-6,10H2,1H3. The van der Waals surface area contributed by atoms with Crippen LogP contribution < -0.4 is 5.73 Å². The third kappa shape index (κ3) is 3.08. The van der Waals surface area contributed by atoms with Crippen LogP contribution in [-0.4, -0.2) is 28.4 Å². The van der Waals surface area contributed by atoms with E-state index in [2.05, 4.69) is 17.1 Å². The van der Waals surface area contributed by atoms with Crippen LogP contribution in [0.15, 0.2) is 4.52 Å². The molecule has 1 unspecified atom stereocenters. The van der Waals surface area contributed by atoms with Gasteiger partial charge in [0.15, 0.2) is 5.82 Å². The Kier molecular flexibility index (Phi) is 4.55. The predicted molar refractivity (Wildman–Crippen MR) is 51.6 cm³/mol. The van der Waals surface area contributed by atoms with Crippen molar-refractivity contribution in [3.05, 3.63) is 11.7 Å². The van der Waals surface area contributed by atoms with Crippen molar-refractivity contribution in [2.75, 3.05) is 13.2 Å². The molecule has 0 saturated carbocycles. The molecular formula is C9H17N3O2. The molecule has 5 heteroatoms. The zero-order valence-corrected chi connectivity index (χ0v) is 8.44. The van der Waals surface area contributed by atoms with E-state index in [0.717, 1.165) is 12.8 Å². The average Bonchev–Trinajstić information content (AvgIpc) is 2.63. The van der Waals surface area contributed by atoms with Crippen molar-refractivity contribution in [2.24, 2.45) is 11.7 Å². The fraction of sp³-hybridized carbons (Fsp3) is 0.778. The van der Waals surface area contributed by atoms with Gasteiger partial charge in [0.1, 0.15) is 0 Å². The van der Waals surface area contributed by atoms with Crippen molar-refractivity contribution >= 4 is 0 Å². The Morgan fingerprint density at radius 2 is 2.36 bits per heavy atom. The number of nitrogens with zero attached hydrogens (tertiary/aromatic N) is 2. The summed E-state index contributed by atoms with van der Waals surface area (Å²) in [6.07, 6.45) is 2.18. The second kappa shape index (κ2) is 5.72. The van der Waals surface area contributed by atoms with Crippen LogP contribution in [0.3, 0.4) is 0 Å². The first-order chi connectivity index (χ1) is 6.80. The summed E-state index contributed by atoms with van der Waals surface area (Å²) in [5.74, 6) is 1.58. The van der Waals surface area contributed by atoms with Gasteiger partial charge in [0.2, 0.25) is 5.89 Å². The molecular weight excluding hydrogens is 182 g/mol. The molecule has 3 N–H and O–H groups in total. The van der Waals surface area contributed by atoms with Crippen LogP contribution >= 0.6 is 0 Å². The predicted octanol–water partition coefficient (Wildman–Crippen LogP) is 0.132. The molecule has 1 aromatic rings. The molecule has 0 fully saturated rings. The van der Waals surface area contributed by atoms with E-state index in [1.54, 1.807) is 0 Å². The largest absolute Gasteiger partial charge is 0.396 e. The summed E-state index contributed by atoms with van der Waals surface area (Å²) in [4.78, 5) is 4.14. The highest BCUT2D eigenvalue weighted by molar-refractivity contribution is 4.88. The van der Waals surface area contributed by atoms with E-state index in [-0.39, 0.29) is 6.61 Å². The summed E-state index contributed by atoms with van der Waals surface area (Å²) in [5, 5.41) is 12.4. The van der Waals surface area contributed by atoms with Crippen LogP contribution in [0, 0.1) is 5.92 Å². The number of hydrogen-bond acceptors (Lipinski definition) is 5. The Morgan fingerprint density at radius 3 is 2.93 bits per heavy atom. The van der Waals surface area contributed by atoms with Crippen molar-refractivity contribution < 1.29 is 9.63 Å². The maximum Gasteiger partial charge on any atom is 0.226 e. The lowest BCUT2D eigenvalue weighted by atomic mass is 10.0. The van der Waals surface area contributed by atoms with Crippen LogP contribution in [0.4, 0.5) is 0 Å². The highest BCUT2D eigenvalue weighted by atomic mass is 16.5. The average molecular weight is 199 g/mol. The molecule has 0 aliphatic heterocycles. The first kappa shape index (κ1) is 11.1. The SMILES string of the molecule is CCC(CN)Cc1nc(CCO)no1. The van der Waals surface area contributed by atoms with Gasteiger partial charge in [0.25, 0.3) is 0 Å². The van der Waals surface area contributed by atoms with Crippen molar-refractivity contribution in [1.29, 1.82) is 0 Å². The third-order valence-electron chi connectivity index (χ3n) is 2.22. The quantitative estimate of drug-likeness (QED) is 0.680. The van der Waals surface area contributed by atoms with Crippen LogP contribution in [0.1, 0.15) is 25.1 Å². The van der Waals surface area contributed by atoms with E-state index in [4.69, 9.17) is 15.4 Å². The summed E-state index contributed by atoms with van der Waals surface area (Å²) in [6, 6.07) is 0. The molecule has 0 amide bonds. The first-order valence-corrected chi connectivity index (χ1v) is 4.92. The monoisotopic (exact) mass is 199 g/mol. The summed E-state index contributed by atoms with van der Waals surface area (Å²) >= 11 is 0. The Balaban J connectivity index is 2.49. The van der Waals surface area contributed by atoms with E-state index < -0.39 is 0 Å². The lowest BCUT2D eigenvalue weighted by molar-refractivity contribution is 0.292. The van der Waals surface area contributed by atoms with Crippen LogP contribution in [-0.2, 0) is 12.8 Å². The Labute approximate surface area is 83.3 Å². The zero-order valence-electron chi connectivity index (χ0n) is 8.44. The number of aliphatic hydroxyl groups excluding tert-OH is 1.